The van der Waals surface area contributed by atoms with Crippen LogP contribution >= 0.6 is 0 Å². The van der Waals surface area contributed by atoms with Crippen molar-refractivity contribution in [1.82, 2.24) is 0 Å². The zero-order valence-electron chi connectivity index (χ0n) is 14.9. The van der Waals surface area contributed by atoms with Gasteiger partial charge in [-0.3, -0.25) is 9.59 Å². The van der Waals surface area contributed by atoms with Crippen molar-refractivity contribution < 1.29 is 14.3 Å². The van der Waals surface area contributed by atoms with Gasteiger partial charge in [-0.15, -0.1) is 0 Å². The number of rotatable bonds is 7. The molecule has 0 aromatic heterocycles. The van der Waals surface area contributed by atoms with E-state index in [4.69, 9.17) is 4.74 Å². The highest BCUT2D eigenvalue weighted by molar-refractivity contribution is 5.97. The zero-order valence-corrected chi connectivity index (χ0v) is 14.9. The Labute approximate surface area is 152 Å². The average Bonchev–Trinajstić information content (AvgIpc) is 3.48. The summed E-state index contributed by atoms with van der Waals surface area (Å²) in [6.07, 6.45) is 1.93. The molecule has 2 aromatic carbocycles. The van der Waals surface area contributed by atoms with E-state index in [-0.39, 0.29) is 17.7 Å². The van der Waals surface area contributed by atoms with Crippen molar-refractivity contribution >= 4 is 28.9 Å². The molecular weight excluding hydrogens is 330 g/mol. The van der Waals surface area contributed by atoms with Gasteiger partial charge >= 0.3 is 0 Å². The quantitative estimate of drug-likeness (QED) is 0.712. The predicted molar refractivity (Wildman–Crippen MR) is 103 cm³/mol. The van der Waals surface area contributed by atoms with Crippen molar-refractivity contribution in [2.24, 2.45) is 5.92 Å². The molecule has 136 valence electrons. The molecule has 1 aliphatic rings. The van der Waals surface area contributed by atoms with Gasteiger partial charge in [-0.2, -0.15) is 0 Å². The smallest absolute Gasteiger partial charge is 0.246 e. The second-order valence-corrected chi connectivity index (χ2v) is 6.43. The lowest BCUT2D eigenvalue weighted by Crippen LogP contribution is -2.31. The molecule has 1 fully saturated rings. The predicted octanol–water partition coefficient (Wildman–Crippen LogP) is 3.48. The minimum atomic E-state index is -0.438. The van der Waals surface area contributed by atoms with E-state index in [1.807, 2.05) is 24.3 Å². The van der Waals surface area contributed by atoms with Crippen LogP contribution < -0.4 is 20.7 Å². The van der Waals surface area contributed by atoms with E-state index in [1.54, 1.807) is 38.3 Å². The van der Waals surface area contributed by atoms with Gasteiger partial charge in [0.1, 0.15) is 11.8 Å². The molecule has 2 amide bonds. The van der Waals surface area contributed by atoms with Crippen LogP contribution in [-0.4, -0.2) is 25.0 Å². The number of methoxy groups -OCH3 is 1. The van der Waals surface area contributed by atoms with Crippen LogP contribution in [0.2, 0.25) is 0 Å². The van der Waals surface area contributed by atoms with Gasteiger partial charge in [0.15, 0.2) is 0 Å². The summed E-state index contributed by atoms with van der Waals surface area (Å²) in [4.78, 5) is 24.2. The SMILES string of the molecule is COc1ccc(NC(=O)C(C)Nc2cccc(NC(=O)C3CC3)c2)cc1. The van der Waals surface area contributed by atoms with Crippen LogP contribution in [0.3, 0.4) is 0 Å². The summed E-state index contributed by atoms with van der Waals surface area (Å²) >= 11 is 0. The summed E-state index contributed by atoms with van der Waals surface area (Å²) in [6, 6.07) is 14.1. The maximum absolute atomic E-state index is 12.4. The van der Waals surface area contributed by atoms with Crippen LogP contribution in [0.5, 0.6) is 5.75 Å². The molecule has 1 unspecified atom stereocenters. The fourth-order valence-electron chi connectivity index (χ4n) is 2.52. The number of benzene rings is 2. The van der Waals surface area contributed by atoms with E-state index in [0.717, 1.165) is 30.0 Å². The Morgan fingerprint density at radius 2 is 1.69 bits per heavy atom. The van der Waals surface area contributed by atoms with E-state index in [1.165, 1.54) is 0 Å². The van der Waals surface area contributed by atoms with Crippen LogP contribution in [0.4, 0.5) is 17.1 Å². The van der Waals surface area contributed by atoms with Gasteiger partial charge in [0.25, 0.3) is 0 Å². The molecule has 26 heavy (non-hydrogen) atoms. The third-order valence-electron chi connectivity index (χ3n) is 4.21. The minimum Gasteiger partial charge on any atom is -0.497 e. The number of amides is 2. The number of carbonyl (C=O) groups is 2. The van der Waals surface area contributed by atoms with Crippen molar-refractivity contribution in [1.29, 1.82) is 0 Å². The van der Waals surface area contributed by atoms with Crippen LogP contribution in [0, 0.1) is 5.92 Å². The molecule has 1 aliphatic carbocycles. The molecule has 0 aliphatic heterocycles. The Morgan fingerprint density at radius 1 is 1.00 bits per heavy atom. The standard InChI is InChI=1S/C20H23N3O3/c1-13(19(24)22-15-8-10-18(26-2)11-9-15)21-16-4-3-5-17(12-16)23-20(25)14-6-7-14/h3-5,8-14,21H,6-7H2,1-2H3,(H,22,24)(H,23,25). The van der Waals surface area contributed by atoms with E-state index >= 15 is 0 Å². The lowest BCUT2D eigenvalue weighted by atomic mass is 10.2. The maximum atomic E-state index is 12.4. The first-order valence-electron chi connectivity index (χ1n) is 8.67. The maximum Gasteiger partial charge on any atom is 0.246 e. The van der Waals surface area contributed by atoms with Crippen LogP contribution in [0.1, 0.15) is 19.8 Å². The highest BCUT2D eigenvalue weighted by Gasteiger charge is 2.29. The summed E-state index contributed by atoms with van der Waals surface area (Å²) in [7, 11) is 1.60. The first-order chi connectivity index (χ1) is 12.5. The average molecular weight is 353 g/mol. The van der Waals surface area contributed by atoms with Gasteiger partial charge in [-0.1, -0.05) is 6.07 Å². The van der Waals surface area contributed by atoms with E-state index in [2.05, 4.69) is 16.0 Å². The molecule has 6 nitrogen and oxygen atoms in total. The number of ether oxygens (including phenoxy) is 1. The molecule has 0 spiro atoms. The van der Waals surface area contributed by atoms with Gasteiger partial charge < -0.3 is 20.7 Å². The Bertz CT molecular complexity index is 785. The second kappa shape index (κ2) is 7.91. The molecule has 1 atom stereocenters. The third-order valence-corrected chi connectivity index (χ3v) is 4.21. The van der Waals surface area contributed by atoms with Crippen molar-refractivity contribution in [3.63, 3.8) is 0 Å². The number of hydrogen-bond acceptors (Lipinski definition) is 4. The second-order valence-electron chi connectivity index (χ2n) is 6.43. The highest BCUT2D eigenvalue weighted by atomic mass is 16.5. The van der Waals surface area contributed by atoms with Gasteiger partial charge in [-0.25, -0.2) is 0 Å². The first-order valence-corrected chi connectivity index (χ1v) is 8.67. The Balaban J connectivity index is 1.56. The minimum absolute atomic E-state index is 0.0625. The fourth-order valence-corrected chi connectivity index (χ4v) is 2.52. The number of carbonyl (C=O) groups excluding carboxylic acids is 2. The van der Waals surface area contributed by atoms with Crippen LogP contribution in [0.25, 0.3) is 0 Å². The van der Waals surface area contributed by atoms with E-state index in [9.17, 15) is 9.59 Å². The summed E-state index contributed by atoms with van der Waals surface area (Å²) in [5.74, 6) is 0.801. The summed E-state index contributed by atoms with van der Waals surface area (Å²) < 4.78 is 5.10. The summed E-state index contributed by atoms with van der Waals surface area (Å²) in [5, 5.41) is 8.92. The molecule has 0 heterocycles. The molecule has 0 bridgehead atoms. The Morgan fingerprint density at radius 3 is 2.35 bits per heavy atom. The van der Waals surface area contributed by atoms with Gasteiger partial charge in [0.05, 0.1) is 7.11 Å². The molecular formula is C20H23N3O3. The van der Waals surface area contributed by atoms with Crippen LogP contribution in [-0.2, 0) is 9.59 Å². The number of nitrogens with one attached hydrogen (secondary N) is 3. The van der Waals surface area contributed by atoms with Crippen molar-refractivity contribution in [2.75, 3.05) is 23.1 Å². The van der Waals surface area contributed by atoms with Gasteiger partial charge in [-0.05, 0) is 62.2 Å². The third kappa shape index (κ3) is 4.75. The highest BCUT2D eigenvalue weighted by Crippen LogP contribution is 2.30. The lowest BCUT2D eigenvalue weighted by Gasteiger charge is -2.16. The largest absolute Gasteiger partial charge is 0.497 e. The van der Waals surface area contributed by atoms with E-state index in [0.29, 0.717) is 5.69 Å². The van der Waals surface area contributed by atoms with Crippen molar-refractivity contribution in [3.05, 3.63) is 48.5 Å². The molecule has 0 saturated heterocycles. The molecule has 3 rings (SSSR count). The van der Waals surface area contributed by atoms with E-state index < -0.39 is 6.04 Å². The molecule has 6 heteroatoms. The Hall–Kier alpha value is -3.02. The van der Waals surface area contributed by atoms with Crippen LogP contribution in [0.15, 0.2) is 48.5 Å². The summed E-state index contributed by atoms with van der Waals surface area (Å²) in [5.41, 5.74) is 2.21. The molecule has 2 aromatic rings. The monoisotopic (exact) mass is 353 g/mol. The summed E-state index contributed by atoms with van der Waals surface area (Å²) in [6.45, 7) is 1.79. The van der Waals surface area contributed by atoms with Gasteiger partial charge in [0, 0.05) is 23.0 Å². The first kappa shape index (κ1) is 17.8. The lowest BCUT2D eigenvalue weighted by molar-refractivity contribution is -0.117. The zero-order chi connectivity index (χ0) is 18.5. The van der Waals surface area contributed by atoms with Gasteiger partial charge in [0.2, 0.25) is 11.8 Å². The fraction of sp³-hybridized carbons (Fsp3) is 0.300. The number of hydrogen-bond donors (Lipinski definition) is 3. The van der Waals surface area contributed by atoms with Crippen molar-refractivity contribution in [2.45, 2.75) is 25.8 Å². The molecule has 0 radical (unpaired) electrons. The molecule has 1 saturated carbocycles. The van der Waals surface area contributed by atoms with Crippen molar-refractivity contribution in [3.8, 4) is 5.75 Å². The normalized spacial score (nSPS) is 14.2. The Kier molecular flexibility index (Phi) is 5.41. The molecule has 3 N–H and O–H groups in total. The number of anilines is 3. The topological polar surface area (TPSA) is 79.5 Å².